The summed E-state index contributed by atoms with van der Waals surface area (Å²) < 4.78 is 53.0. The number of rotatable bonds is 7. The van der Waals surface area contributed by atoms with E-state index in [1.54, 1.807) is 6.07 Å². The molecule has 0 aliphatic rings. The lowest BCUT2D eigenvalue weighted by molar-refractivity contribution is 0.102. The second-order valence-electron chi connectivity index (χ2n) is 7.47. The van der Waals surface area contributed by atoms with Crippen molar-refractivity contribution in [1.29, 1.82) is 0 Å². The fourth-order valence-electron chi connectivity index (χ4n) is 2.91. The van der Waals surface area contributed by atoms with Crippen molar-refractivity contribution in [3.63, 3.8) is 0 Å². The second-order valence-corrected chi connectivity index (χ2v) is 11.3. The quantitative estimate of drug-likeness (QED) is 0.438. The number of sulfonamides is 2. The van der Waals surface area contributed by atoms with Gasteiger partial charge in [-0.2, -0.15) is 0 Å². The molecule has 8 nitrogen and oxygen atoms in total. The van der Waals surface area contributed by atoms with Crippen molar-refractivity contribution in [3.05, 3.63) is 82.4 Å². The SMILES string of the molecule is Cc1ccc(C)c(NS(=O)(=O)c2ccc(NC(=O)c3ccc(NS(C)(=O)=O)c(Cl)c3)cc2)c1. The van der Waals surface area contributed by atoms with Gasteiger partial charge < -0.3 is 5.32 Å². The number of hydrogen-bond acceptors (Lipinski definition) is 5. The zero-order valence-corrected chi connectivity index (χ0v) is 20.4. The summed E-state index contributed by atoms with van der Waals surface area (Å²) in [6.07, 6.45) is 0.991. The molecule has 33 heavy (non-hydrogen) atoms. The van der Waals surface area contributed by atoms with Crippen molar-refractivity contribution in [3.8, 4) is 0 Å². The van der Waals surface area contributed by atoms with Crippen LogP contribution in [0.25, 0.3) is 0 Å². The van der Waals surface area contributed by atoms with E-state index in [1.807, 2.05) is 26.0 Å². The van der Waals surface area contributed by atoms with E-state index in [2.05, 4.69) is 14.8 Å². The highest BCUT2D eigenvalue weighted by atomic mass is 35.5. The van der Waals surface area contributed by atoms with Crippen LogP contribution >= 0.6 is 11.6 Å². The van der Waals surface area contributed by atoms with Crippen LogP contribution in [0, 0.1) is 13.8 Å². The molecule has 11 heteroatoms. The molecule has 3 aromatic carbocycles. The van der Waals surface area contributed by atoms with E-state index >= 15 is 0 Å². The Bertz CT molecular complexity index is 1420. The van der Waals surface area contributed by atoms with E-state index in [4.69, 9.17) is 11.6 Å². The summed E-state index contributed by atoms with van der Waals surface area (Å²) in [5, 5.41) is 2.71. The molecule has 0 saturated heterocycles. The first-order valence-electron chi connectivity index (χ1n) is 9.63. The predicted molar refractivity (Wildman–Crippen MR) is 131 cm³/mol. The molecule has 0 aliphatic carbocycles. The summed E-state index contributed by atoms with van der Waals surface area (Å²) in [5.74, 6) is -0.494. The molecule has 1 amide bonds. The van der Waals surface area contributed by atoms with Crippen LogP contribution in [0.2, 0.25) is 5.02 Å². The Kier molecular flexibility index (Phi) is 7.01. The van der Waals surface area contributed by atoms with Crippen LogP contribution in [0.15, 0.2) is 65.6 Å². The normalized spacial score (nSPS) is 11.6. The molecule has 3 N–H and O–H groups in total. The van der Waals surface area contributed by atoms with Crippen molar-refractivity contribution < 1.29 is 21.6 Å². The zero-order valence-electron chi connectivity index (χ0n) is 18.0. The summed E-state index contributed by atoms with van der Waals surface area (Å²) >= 11 is 6.06. The highest BCUT2D eigenvalue weighted by Gasteiger charge is 2.16. The fourth-order valence-corrected chi connectivity index (χ4v) is 4.89. The molecule has 0 radical (unpaired) electrons. The summed E-state index contributed by atoms with van der Waals surface area (Å²) in [7, 11) is -7.32. The number of hydrogen-bond donors (Lipinski definition) is 3. The van der Waals surface area contributed by atoms with Crippen molar-refractivity contribution in [2.45, 2.75) is 18.7 Å². The highest BCUT2D eigenvalue weighted by Crippen LogP contribution is 2.25. The van der Waals surface area contributed by atoms with Gasteiger partial charge in [-0.25, -0.2) is 16.8 Å². The van der Waals surface area contributed by atoms with Crippen LogP contribution in [0.1, 0.15) is 21.5 Å². The third kappa shape index (κ3) is 6.47. The fraction of sp³-hybridized carbons (Fsp3) is 0.136. The molecule has 0 aliphatic heterocycles. The van der Waals surface area contributed by atoms with E-state index in [1.165, 1.54) is 42.5 Å². The van der Waals surface area contributed by atoms with E-state index in [9.17, 15) is 21.6 Å². The molecule has 0 atom stereocenters. The number of anilines is 3. The highest BCUT2D eigenvalue weighted by molar-refractivity contribution is 7.92. The van der Waals surface area contributed by atoms with Gasteiger partial charge in [-0.15, -0.1) is 0 Å². The molecule has 0 heterocycles. The Hall–Kier alpha value is -3.08. The summed E-state index contributed by atoms with van der Waals surface area (Å²) in [6, 6.07) is 15.3. The topological polar surface area (TPSA) is 121 Å². The summed E-state index contributed by atoms with van der Waals surface area (Å²) in [6.45, 7) is 3.68. The molecule has 0 bridgehead atoms. The molecule has 0 fully saturated rings. The van der Waals surface area contributed by atoms with Gasteiger partial charge in [0.2, 0.25) is 10.0 Å². The molecule has 0 spiro atoms. The predicted octanol–water partition coefficient (Wildman–Crippen LogP) is 4.38. The number of carbonyl (C=O) groups excluding carboxylic acids is 1. The maximum absolute atomic E-state index is 12.7. The molecular weight excluding hydrogens is 486 g/mol. The van der Waals surface area contributed by atoms with E-state index in [0.29, 0.717) is 11.4 Å². The first-order chi connectivity index (χ1) is 15.3. The Balaban J connectivity index is 1.73. The van der Waals surface area contributed by atoms with Gasteiger partial charge in [0.15, 0.2) is 0 Å². The van der Waals surface area contributed by atoms with Crippen LogP contribution in [-0.2, 0) is 20.0 Å². The van der Waals surface area contributed by atoms with Gasteiger partial charge >= 0.3 is 0 Å². The van der Waals surface area contributed by atoms with Crippen molar-refractivity contribution >= 4 is 54.6 Å². The lowest BCUT2D eigenvalue weighted by Crippen LogP contribution is -2.15. The van der Waals surface area contributed by atoms with Gasteiger partial charge in [-0.05, 0) is 73.5 Å². The van der Waals surface area contributed by atoms with Crippen LogP contribution in [0.3, 0.4) is 0 Å². The average Bonchev–Trinajstić information content (AvgIpc) is 2.71. The molecule has 3 rings (SSSR count). The summed E-state index contributed by atoms with van der Waals surface area (Å²) in [5.41, 5.74) is 2.95. The standard InChI is InChI=1S/C22H22ClN3O5S2/c1-14-4-5-15(2)21(12-14)26-33(30,31)18-9-7-17(8-10-18)24-22(27)16-6-11-20(19(23)13-16)25-32(3,28)29/h4-13,25-26H,1-3H3,(H,24,27). The van der Waals surface area contributed by atoms with Crippen LogP contribution in [0.5, 0.6) is 0 Å². The molecule has 3 aromatic rings. The minimum atomic E-state index is -3.81. The monoisotopic (exact) mass is 507 g/mol. The largest absolute Gasteiger partial charge is 0.322 e. The Morgan fingerprint density at radius 2 is 1.48 bits per heavy atom. The second kappa shape index (κ2) is 9.42. The van der Waals surface area contributed by atoms with E-state index in [0.717, 1.165) is 17.4 Å². The third-order valence-electron chi connectivity index (χ3n) is 4.59. The van der Waals surface area contributed by atoms with E-state index in [-0.39, 0.29) is 21.2 Å². The Morgan fingerprint density at radius 3 is 2.09 bits per heavy atom. The van der Waals surface area contributed by atoms with Crippen LogP contribution in [-0.4, -0.2) is 29.0 Å². The average molecular weight is 508 g/mol. The Labute approximate surface area is 198 Å². The Morgan fingerprint density at radius 1 is 0.818 bits per heavy atom. The maximum atomic E-state index is 12.7. The van der Waals surface area contributed by atoms with Gasteiger partial charge in [0, 0.05) is 11.3 Å². The summed E-state index contributed by atoms with van der Waals surface area (Å²) in [4.78, 5) is 12.6. The maximum Gasteiger partial charge on any atom is 0.261 e. The molecule has 0 aromatic heterocycles. The third-order valence-corrected chi connectivity index (χ3v) is 6.87. The van der Waals surface area contributed by atoms with Crippen molar-refractivity contribution in [1.82, 2.24) is 0 Å². The number of halogens is 1. The molecule has 0 saturated carbocycles. The zero-order chi connectivity index (χ0) is 24.4. The van der Waals surface area contributed by atoms with Crippen molar-refractivity contribution in [2.75, 3.05) is 21.0 Å². The van der Waals surface area contributed by atoms with Crippen LogP contribution in [0.4, 0.5) is 17.1 Å². The minimum Gasteiger partial charge on any atom is -0.322 e. The molecular formula is C22H22ClN3O5S2. The van der Waals surface area contributed by atoms with Crippen molar-refractivity contribution in [2.24, 2.45) is 0 Å². The number of carbonyl (C=O) groups is 1. The smallest absolute Gasteiger partial charge is 0.261 e. The lowest BCUT2D eigenvalue weighted by atomic mass is 10.1. The van der Waals surface area contributed by atoms with Crippen LogP contribution < -0.4 is 14.8 Å². The van der Waals surface area contributed by atoms with Gasteiger partial charge in [-0.3, -0.25) is 14.2 Å². The first kappa shape index (κ1) is 24.6. The van der Waals surface area contributed by atoms with E-state index < -0.39 is 26.0 Å². The van der Waals surface area contributed by atoms with Gasteiger partial charge in [-0.1, -0.05) is 23.7 Å². The van der Waals surface area contributed by atoms with Gasteiger partial charge in [0.05, 0.1) is 27.5 Å². The molecule has 174 valence electrons. The van der Waals surface area contributed by atoms with Gasteiger partial charge in [0.1, 0.15) is 0 Å². The first-order valence-corrected chi connectivity index (χ1v) is 13.4. The number of amides is 1. The minimum absolute atomic E-state index is 0.0423. The van der Waals surface area contributed by atoms with Gasteiger partial charge in [0.25, 0.3) is 15.9 Å². The number of benzene rings is 3. The number of nitrogens with one attached hydrogen (secondary N) is 3. The number of aryl methyl sites for hydroxylation is 2. The molecule has 0 unspecified atom stereocenters. The lowest BCUT2D eigenvalue weighted by Gasteiger charge is -2.12.